The van der Waals surface area contributed by atoms with Gasteiger partial charge in [0, 0.05) is 32.1 Å². The molecule has 0 saturated heterocycles. The van der Waals surface area contributed by atoms with Crippen LogP contribution in [0.15, 0.2) is 24.3 Å². The molecule has 0 radical (unpaired) electrons. The van der Waals surface area contributed by atoms with E-state index in [1.165, 1.54) is 37.7 Å². The molecule has 1 aliphatic carbocycles. The summed E-state index contributed by atoms with van der Waals surface area (Å²) in [5, 5.41) is 14.2. The largest absolute Gasteiger partial charge is 0.481 e. The van der Waals surface area contributed by atoms with Gasteiger partial charge in [-0.15, -0.1) is 0 Å². The van der Waals surface area contributed by atoms with Gasteiger partial charge in [-0.3, -0.25) is 9.69 Å². The van der Waals surface area contributed by atoms with Crippen LogP contribution in [0.1, 0.15) is 56.1 Å². The lowest BCUT2D eigenvalue weighted by Gasteiger charge is -2.31. The molecule has 1 fully saturated rings. The molecule has 0 aromatic heterocycles. The number of nitrogens with zero attached hydrogens (tertiary/aromatic N) is 1. The van der Waals surface area contributed by atoms with Crippen LogP contribution >= 0.6 is 0 Å². The van der Waals surface area contributed by atoms with E-state index in [0.29, 0.717) is 25.6 Å². The van der Waals surface area contributed by atoms with E-state index in [1.807, 2.05) is 12.1 Å². The van der Waals surface area contributed by atoms with Gasteiger partial charge >= 0.3 is 12.0 Å². The lowest BCUT2D eigenvalue weighted by atomic mass is 9.94. The van der Waals surface area contributed by atoms with Gasteiger partial charge < -0.3 is 15.7 Å². The Balaban J connectivity index is 1.80. The highest BCUT2D eigenvalue weighted by Crippen LogP contribution is 2.23. The summed E-state index contributed by atoms with van der Waals surface area (Å²) in [6.07, 6.45) is 7.04. The van der Waals surface area contributed by atoms with Crippen molar-refractivity contribution in [1.82, 2.24) is 15.5 Å². The quantitative estimate of drug-likeness (QED) is 0.590. The summed E-state index contributed by atoms with van der Waals surface area (Å²) in [5.41, 5.74) is 2.36. The van der Waals surface area contributed by atoms with E-state index in [0.717, 1.165) is 12.1 Å². The number of carbonyl (C=O) groups is 2. The van der Waals surface area contributed by atoms with Crippen LogP contribution in [-0.4, -0.2) is 41.6 Å². The monoisotopic (exact) mass is 361 g/mol. The van der Waals surface area contributed by atoms with Gasteiger partial charge in [-0.05, 0) is 37.4 Å². The molecule has 0 heterocycles. The molecule has 6 heteroatoms. The van der Waals surface area contributed by atoms with Gasteiger partial charge in [0.25, 0.3) is 0 Å². The molecule has 0 spiro atoms. The van der Waals surface area contributed by atoms with E-state index in [1.54, 1.807) is 0 Å². The molecule has 2 rings (SSSR count). The molecule has 3 N–H and O–H groups in total. The Morgan fingerprint density at radius 2 is 1.81 bits per heavy atom. The van der Waals surface area contributed by atoms with Gasteiger partial charge in [-0.25, -0.2) is 4.79 Å². The number of rotatable bonds is 9. The second-order valence-electron chi connectivity index (χ2n) is 7.08. The number of carboxylic acids is 1. The van der Waals surface area contributed by atoms with Gasteiger partial charge in [0.15, 0.2) is 0 Å². The molecule has 1 saturated carbocycles. The van der Waals surface area contributed by atoms with Crippen LogP contribution in [0.4, 0.5) is 4.79 Å². The highest BCUT2D eigenvalue weighted by Gasteiger charge is 2.18. The Labute approximate surface area is 156 Å². The first-order valence-corrected chi connectivity index (χ1v) is 9.57. The first kappa shape index (κ1) is 20.2. The van der Waals surface area contributed by atoms with Gasteiger partial charge in [-0.2, -0.15) is 0 Å². The predicted octanol–water partition coefficient (Wildman–Crippen LogP) is 3.12. The van der Waals surface area contributed by atoms with Crippen molar-refractivity contribution in [1.29, 1.82) is 0 Å². The maximum atomic E-state index is 11.9. The SMILES string of the molecule is CN(Cc1ccccc1CNC(=O)NCCCC(=O)O)C1CCCCC1. The van der Waals surface area contributed by atoms with Gasteiger partial charge in [0.1, 0.15) is 0 Å². The summed E-state index contributed by atoms with van der Waals surface area (Å²) in [7, 11) is 2.19. The number of amides is 2. The Morgan fingerprint density at radius 1 is 1.12 bits per heavy atom. The lowest BCUT2D eigenvalue weighted by molar-refractivity contribution is -0.137. The summed E-state index contributed by atoms with van der Waals surface area (Å²) in [4.78, 5) is 24.8. The molecule has 1 aliphatic rings. The number of nitrogens with one attached hydrogen (secondary N) is 2. The summed E-state index contributed by atoms with van der Waals surface area (Å²) in [6, 6.07) is 8.61. The van der Waals surface area contributed by atoms with Crippen molar-refractivity contribution in [3.63, 3.8) is 0 Å². The standard InChI is InChI=1S/C20H31N3O3/c1-23(18-10-3-2-4-11-18)15-17-9-6-5-8-16(17)14-22-20(26)21-13-7-12-19(24)25/h5-6,8-9,18H,2-4,7,10-15H2,1H3,(H,24,25)(H2,21,22,26). The summed E-state index contributed by atoms with van der Waals surface area (Å²) in [6.45, 7) is 1.73. The maximum absolute atomic E-state index is 11.9. The third kappa shape index (κ3) is 7.04. The molecule has 26 heavy (non-hydrogen) atoms. The van der Waals surface area contributed by atoms with Crippen molar-refractivity contribution in [3.05, 3.63) is 35.4 Å². The van der Waals surface area contributed by atoms with E-state index in [-0.39, 0.29) is 12.5 Å². The highest BCUT2D eigenvalue weighted by atomic mass is 16.4. The van der Waals surface area contributed by atoms with Gasteiger partial charge in [0.2, 0.25) is 0 Å². The topological polar surface area (TPSA) is 81.7 Å². The van der Waals surface area contributed by atoms with Crippen molar-refractivity contribution < 1.29 is 14.7 Å². The fourth-order valence-corrected chi connectivity index (χ4v) is 3.48. The van der Waals surface area contributed by atoms with E-state index >= 15 is 0 Å². The van der Waals surface area contributed by atoms with Crippen LogP contribution in [0, 0.1) is 0 Å². The van der Waals surface area contributed by atoms with E-state index in [4.69, 9.17) is 5.11 Å². The fourth-order valence-electron chi connectivity index (χ4n) is 3.48. The van der Waals surface area contributed by atoms with E-state index in [2.05, 4.69) is 34.7 Å². The fraction of sp³-hybridized carbons (Fsp3) is 0.600. The first-order chi connectivity index (χ1) is 12.6. The minimum atomic E-state index is -0.844. The van der Waals surface area contributed by atoms with Crippen LogP contribution in [0.3, 0.4) is 0 Å². The zero-order valence-electron chi connectivity index (χ0n) is 15.7. The molecule has 1 aromatic rings. The zero-order valence-corrected chi connectivity index (χ0v) is 15.7. The van der Waals surface area contributed by atoms with E-state index in [9.17, 15) is 9.59 Å². The third-order valence-electron chi connectivity index (χ3n) is 5.03. The van der Waals surface area contributed by atoms with E-state index < -0.39 is 5.97 Å². The molecule has 0 atom stereocenters. The Hall–Kier alpha value is -2.08. The minimum Gasteiger partial charge on any atom is -0.481 e. The molecule has 2 amide bonds. The smallest absolute Gasteiger partial charge is 0.315 e. The molecular formula is C20H31N3O3. The minimum absolute atomic E-state index is 0.0661. The van der Waals surface area contributed by atoms with Crippen LogP contribution in [0.2, 0.25) is 0 Å². The second-order valence-corrected chi connectivity index (χ2v) is 7.08. The number of hydrogen-bond acceptors (Lipinski definition) is 3. The lowest BCUT2D eigenvalue weighted by Crippen LogP contribution is -2.36. The Bertz CT molecular complexity index is 585. The molecule has 1 aromatic carbocycles. The second kappa shape index (κ2) is 10.8. The summed E-state index contributed by atoms with van der Waals surface area (Å²) >= 11 is 0. The summed E-state index contributed by atoms with van der Waals surface area (Å²) in [5.74, 6) is -0.844. The number of carbonyl (C=O) groups excluding carboxylic acids is 1. The number of aliphatic carboxylic acids is 1. The molecule has 0 bridgehead atoms. The third-order valence-corrected chi connectivity index (χ3v) is 5.03. The number of carboxylic acid groups (broad SMARTS) is 1. The van der Waals surface area contributed by atoms with Crippen LogP contribution in [0.5, 0.6) is 0 Å². The van der Waals surface area contributed by atoms with Crippen molar-refractivity contribution in [3.8, 4) is 0 Å². The Kier molecular flexibility index (Phi) is 8.41. The average Bonchev–Trinajstić information content (AvgIpc) is 2.65. The normalized spacial score (nSPS) is 15.0. The first-order valence-electron chi connectivity index (χ1n) is 9.57. The van der Waals surface area contributed by atoms with Crippen LogP contribution < -0.4 is 10.6 Å². The molecule has 144 valence electrons. The number of hydrogen-bond donors (Lipinski definition) is 3. The molecular weight excluding hydrogens is 330 g/mol. The van der Waals surface area contributed by atoms with Crippen LogP contribution in [0.25, 0.3) is 0 Å². The highest BCUT2D eigenvalue weighted by molar-refractivity contribution is 5.74. The van der Waals surface area contributed by atoms with Gasteiger partial charge in [-0.1, -0.05) is 43.5 Å². The molecule has 0 aliphatic heterocycles. The zero-order chi connectivity index (χ0) is 18.8. The number of benzene rings is 1. The summed E-state index contributed by atoms with van der Waals surface area (Å²) < 4.78 is 0. The van der Waals surface area contributed by atoms with Crippen molar-refractivity contribution >= 4 is 12.0 Å². The predicted molar refractivity (Wildman–Crippen MR) is 102 cm³/mol. The van der Waals surface area contributed by atoms with Crippen LogP contribution in [-0.2, 0) is 17.9 Å². The Morgan fingerprint density at radius 3 is 2.50 bits per heavy atom. The van der Waals surface area contributed by atoms with Crippen molar-refractivity contribution in [2.75, 3.05) is 13.6 Å². The van der Waals surface area contributed by atoms with Gasteiger partial charge in [0.05, 0.1) is 0 Å². The van der Waals surface area contributed by atoms with Crippen molar-refractivity contribution in [2.45, 2.75) is 64.1 Å². The number of urea groups is 1. The maximum Gasteiger partial charge on any atom is 0.315 e. The average molecular weight is 361 g/mol. The molecule has 6 nitrogen and oxygen atoms in total. The molecule has 0 unspecified atom stereocenters. The van der Waals surface area contributed by atoms with Crippen molar-refractivity contribution in [2.24, 2.45) is 0 Å².